The maximum Gasteiger partial charge on any atom is 0.155 e. The maximum atomic E-state index is 5.99. The molecule has 0 spiro atoms. The van der Waals surface area contributed by atoms with Crippen molar-refractivity contribution < 1.29 is 4.74 Å². The minimum atomic E-state index is 0.456. The molecule has 0 aliphatic carbocycles. The van der Waals surface area contributed by atoms with Crippen molar-refractivity contribution in [1.82, 2.24) is 10.2 Å². The van der Waals surface area contributed by atoms with Crippen LogP contribution in [0.3, 0.4) is 0 Å². The Kier molecular flexibility index (Phi) is 4.45. The number of hydrogen-bond acceptors (Lipinski definition) is 4. The van der Waals surface area contributed by atoms with E-state index in [0.29, 0.717) is 11.7 Å². The van der Waals surface area contributed by atoms with Gasteiger partial charge in [0.15, 0.2) is 11.0 Å². The van der Waals surface area contributed by atoms with E-state index in [2.05, 4.69) is 10.2 Å². The lowest BCUT2D eigenvalue weighted by molar-refractivity contribution is 0.409. The van der Waals surface area contributed by atoms with E-state index < -0.39 is 0 Å². The highest BCUT2D eigenvalue weighted by Gasteiger charge is 2.13. The van der Waals surface area contributed by atoms with Crippen LogP contribution >= 0.6 is 11.6 Å². The Morgan fingerprint density at radius 2 is 1.85 bits per heavy atom. The minimum absolute atomic E-state index is 0.456. The van der Waals surface area contributed by atoms with E-state index in [4.69, 9.17) is 16.3 Å². The molecule has 0 aliphatic rings. The molecule has 4 nitrogen and oxygen atoms in total. The van der Waals surface area contributed by atoms with Crippen LogP contribution in [0.5, 0.6) is 5.75 Å². The zero-order chi connectivity index (χ0) is 14.7. The van der Waals surface area contributed by atoms with E-state index in [1.165, 1.54) is 0 Å². The first-order chi connectivity index (χ1) is 9.54. The zero-order valence-corrected chi connectivity index (χ0v) is 12.9. The fraction of sp³-hybridized carbons (Fsp3) is 0.333. The van der Waals surface area contributed by atoms with E-state index in [-0.39, 0.29) is 0 Å². The smallest absolute Gasteiger partial charge is 0.155 e. The van der Waals surface area contributed by atoms with Crippen LogP contribution in [0.15, 0.2) is 24.3 Å². The van der Waals surface area contributed by atoms with Gasteiger partial charge in [-0.05, 0) is 31.0 Å². The summed E-state index contributed by atoms with van der Waals surface area (Å²) in [6.45, 7) is 4.65. The van der Waals surface area contributed by atoms with Gasteiger partial charge in [-0.2, -0.15) is 0 Å². The van der Waals surface area contributed by atoms with Crippen LogP contribution in [-0.4, -0.2) is 24.4 Å². The summed E-state index contributed by atoms with van der Waals surface area (Å²) in [7, 11) is 3.66. The highest BCUT2D eigenvalue weighted by molar-refractivity contribution is 6.30. The molecule has 2 rings (SSSR count). The molecule has 0 bridgehead atoms. The van der Waals surface area contributed by atoms with E-state index in [0.717, 1.165) is 28.3 Å². The highest BCUT2D eigenvalue weighted by atomic mass is 35.5. The monoisotopic (exact) mass is 291 g/mol. The molecule has 0 radical (unpaired) electrons. The summed E-state index contributed by atoms with van der Waals surface area (Å²) in [5.74, 6) is 1.70. The largest absolute Gasteiger partial charge is 0.496 e. The molecule has 0 saturated carbocycles. The van der Waals surface area contributed by atoms with Gasteiger partial charge in [-0.1, -0.05) is 29.8 Å². The molecule has 0 unspecified atom stereocenters. The summed E-state index contributed by atoms with van der Waals surface area (Å²) in [4.78, 5) is 2.05. The van der Waals surface area contributed by atoms with Gasteiger partial charge in [0.2, 0.25) is 0 Å². The van der Waals surface area contributed by atoms with E-state index in [1.54, 1.807) is 7.11 Å². The van der Waals surface area contributed by atoms with Gasteiger partial charge in [0.05, 0.1) is 7.11 Å². The molecule has 1 aromatic carbocycles. The second kappa shape index (κ2) is 6.09. The molecule has 0 aliphatic heterocycles. The summed E-state index contributed by atoms with van der Waals surface area (Å²) in [5, 5.41) is 8.64. The van der Waals surface area contributed by atoms with Crippen molar-refractivity contribution in [2.24, 2.45) is 0 Å². The fourth-order valence-corrected chi connectivity index (χ4v) is 2.27. The number of rotatable bonds is 4. The van der Waals surface area contributed by atoms with Crippen LogP contribution in [0.25, 0.3) is 0 Å². The molecule has 1 heterocycles. The third kappa shape index (κ3) is 2.85. The lowest BCUT2D eigenvalue weighted by Crippen LogP contribution is -2.20. The Hall–Kier alpha value is -1.81. The minimum Gasteiger partial charge on any atom is -0.496 e. The molecule has 0 fully saturated rings. The van der Waals surface area contributed by atoms with Crippen molar-refractivity contribution in [2.45, 2.75) is 20.4 Å². The van der Waals surface area contributed by atoms with Crippen LogP contribution in [0, 0.1) is 13.8 Å². The molecular formula is C15H18ClN3O. The lowest BCUT2D eigenvalue weighted by atomic mass is 10.1. The standard InChI is InChI=1S/C15H18ClN3O/c1-10-11(2)15(18-17-14(10)16)19(3)9-12-7-5-6-8-13(12)20-4/h5-8H,9H2,1-4H3. The SMILES string of the molecule is COc1ccccc1CN(C)c1nnc(Cl)c(C)c1C. The van der Waals surface area contributed by atoms with Crippen molar-refractivity contribution >= 4 is 17.4 Å². The number of aromatic nitrogens is 2. The first-order valence-corrected chi connectivity index (χ1v) is 6.74. The first kappa shape index (κ1) is 14.6. The Morgan fingerprint density at radius 1 is 1.15 bits per heavy atom. The summed E-state index contributed by atoms with van der Waals surface area (Å²) < 4.78 is 5.37. The quantitative estimate of drug-likeness (QED) is 0.865. The number of hydrogen-bond donors (Lipinski definition) is 0. The number of benzene rings is 1. The van der Waals surface area contributed by atoms with Gasteiger partial charge in [-0.25, -0.2) is 0 Å². The molecule has 0 saturated heterocycles. The van der Waals surface area contributed by atoms with Gasteiger partial charge in [0.1, 0.15) is 5.75 Å². The zero-order valence-electron chi connectivity index (χ0n) is 12.1. The van der Waals surface area contributed by atoms with Crippen molar-refractivity contribution in [3.63, 3.8) is 0 Å². The van der Waals surface area contributed by atoms with Gasteiger partial charge in [-0.15, -0.1) is 10.2 Å². The van der Waals surface area contributed by atoms with Crippen LogP contribution in [0.4, 0.5) is 5.82 Å². The molecule has 20 heavy (non-hydrogen) atoms. The maximum absolute atomic E-state index is 5.99. The van der Waals surface area contributed by atoms with Gasteiger partial charge < -0.3 is 9.64 Å². The molecule has 0 N–H and O–H groups in total. The second-order valence-corrected chi connectivity index (χ2v) is 5.09. The number of methoxy groups -OCH3 is 1. The number of ether oxygens (including phenoxy) is 1. The third-order valence-electron chi connectivity index (χ3n) is 3.40. The van der Waals surface area contributed by atoms with Crippen molar-refractivity contribution in [3.05, 3.63) is 46.1 Å². The third-order valence-corrected chi connectivity index (χ3v) is 3.76. The summed E-state index contributed by atoms with van der Waals surface area (Å²) in [6.07, 6.45) is 0. The first-order valence-electron chi connectivity index (χ1n) is 6.37. The Morgan fingerprint density at radius 3 is 2.55 bits per heavy atom. The number of halogens is 1. The predicted molar refractivity (Wildman–Crippen MR) is 81.6 cm³/mol. The van der Waals surface area contributed by atoms with Crippen molar-refractivity contribution in [1.29, 1.82) is 0 Å². The Bertz CT molecular complexity index is 616. The van der Waals surface area contributed by atoms with Crippen molar-refractivity contribution in [3.8, 4) is 5.75 Å². The van der Waals surface area contributed by atoms with Crippen LogP contribution < -0.4 is 9.64 Å². The molecule has 106 valence electrons. The predicted octanol–water partition coefficient (Wildman–Crippen LogP) is 3.39. The average Bonchev–Trinajstić information content (AvgIpc) is 2.45. The molecule has 0 atom stereocenters. The van der Waals surface area contributed by atoms with Crippen LogP contribution in [0.2, 0.25) is 5.15 Å². The topological polar surface area (TPSA) is 38.2 Å². The lowest BCUT2D eigenvalue weighted by Gasteiger charge is -2.21. The Labute approximate surface area is 124 Å². The number of anilines is 1. The van der Waals surface area contributed by atoms with Crippen molar-refractivity contribution in [2.75, 3.05) is 19.1 Å². The number of nitrogens with zero attached hydrogens (tertiary/aromatic N) is 3. The van der Waals surface area contributed by atoms with E-state index in [1.807, 2.05) is 50.1 Å². The van der Waals surface area contributed by atoms with Gasteiger partial charge in [0, 0.05) is 19.2 Å². The summed E-state index contributed by atoms with van der Waals surface area (Å²) in [6, 6.07) is 7.95. The Balaban J connectivity index is 2.29. The van der Waals surface area contributed by atoms with Crippen LogP contribution in [0.1, 0.15) is 16.7 Å². The molecule has 0 amide bonds. The summed E-state index contributed by atoms with van der Waals surface area (Å²) >= 11 is 5.99. The fourth-order valence-electron chi connectivity index (χ4n) is 2.09. The van der Waals surface area contributed by atoms with Gasteiger partial charge in [-0.3, -0.25) is 0 Å². The average molecular weight is 292 g/mol. The van der Waals surface area contributed by atoms with E-state index >= 15 is 0 Å². The highest BCUT2D eigenvalue weighted by Crippen LogP contribution is 2.26. The molecule has 1 aromatic heterocycles. The van der Waals surface area contributed by atoms with Gasteiger partial charge >= 0.3 is 0 Å². The van der Waals surface area contributed by atoms with Gasteiger partial charge in [0.25, 0.3) is 0 Å². The second-order valence-electron chi connectivity index (χ2n) is 4.73. The summed E-state index contributed by atoms with van der Waals surface area (Å²) in [5.41, 5.74) is 3.11. The molecule has 2 aromatic rings. The number of para-hydroxylation sites is 1. The molecule has 5 heteroatoms. The van der Waals surface area contributed by atoms with E-state index in [9.17, 15) is 0 Å². The van der Waals surface area contributed by atoms with Crippen LogP contribution in [-0.2, 0) is 6.54 Å². The normalized spacial score (nSPS) is 10.4. The molecular weight excluding hydrogens is 274 g/mol.